The number of pyridine rings is 2. The maximum atomic E-state index is 4.78. The van der Waals surface area contributed by atoms with Gasteiger partial charge in [0, 0.05) is 33.9 Å². The molecule has 0 fully saturated rings. The van der Waals surface area contributed by atoms with Crippen molar-refractivity contribution in [3.05, 3.63) is 109 Å². The standard InChI is InChI=1S/C30H18N4/c1-2-10-22-21(9-1)29-24(33(22)25-12-3-5-16-31-25)18-20-15-14-19-8-7-11-23-27(19)28(20)30(29)34(23)26-13-4-6-17-32-26/h1-18H. The molecule has 34 heavy (non-hydrogen) atoms. The van der Waals surface area contributed by atoms with Crippen LogP contribution in [0.1, 0.15) is 0 Å². The summed E-state index contributed by atoms with van der Waals surface area (Å²) in [5.41, 5.74) is 4.68. The number of para-hydroxylation sites is 1. The molecule has 4 aromatic carbocycles. The van der Waals surface area contributed by atoms with Gasteiger partial charge < -0.3 is 0 Å². The van der Waals surface area contributed by atoms with Crippen molar-refractivity contribution in [2.24, 2.45) is 0 Å². The molecule has 0 spiro atoms. The number of hydrogen-bond acceptors (Lipinski definition) is 2. The molecule has 0 aliphatic heterocycles. The summed E-state index contributed by atoms with van der Waals surface area (Å²) in [6.07, 6.45) is 3.72. The summed E-state index contributed by atoms with van der Waals surface area (Å²) < 4.78 is 4.62. The SMILES string of the molecule is c1ccc(-n2c3ccccc3c3c2cc2ccc4cccc5c4c2c3n5-c2ccccn2)nc1. The summed E-state index contributed by atoms with van der Waals surface area (Å²) in [5.74, 6) is 1.84. The third kappa shape index (κ3) is 2.17. The molecule has 4 heterocycles. The van der Waals surface area contributed by atoms with Gasteiger partial charge in [0.2, 0.25) is 0 Å². The number of benzene rings is 4. The molecule has 0 N–H and O–H groups in total. The molecule has 0 bridgehead atoms. The summed E-state index contributed by atoms with van der Waals surface area (Å²) in [5, 5.41) is 7.49. The van der Waals surface area contributed by atoms with E-state index in [0.717, 1.165) is 22.7 Å². The predicted octanol–water partition coefficient (Wildman–Crippen LogP) is 7.26. The van der Waals surface area contributed by atoms with Crippen LogP contribution in [0, 0.1) is 0 Å². The lowest BCUT2D eigenvalue weighted by Crippen LogP contribution is -1.98. The van der Waals surface area contributed by atoms with E-state index in [1.807, 2.05) is 30.6 Å². The highest BCUT2D eigenvalue weighted by Gasteiger charge is 2.23. The smallest absolute Gasteiger partial charge is 0.137 e. The average Bonchev–Trinajstić information content (AvgIpc) is 3.42. The van der Waals surface area contributed by atoms with Gasteiger partial charge in [0.15, 0.2) is 0 Å². The van der Waals surface area contributed by atoms with Crippen LogP contribution in [-0.4, -0.2) is 19.1 Å². The zero-order valence-electron chi connectivity index (χ0n) is 18.2. The van der Waals surface area contributed by atoms with Gasteiger partial charge in [-0.15, -0.1) is 0 Å². The Labute approximate surface area is 194 Å². The van der Waals surface area contributed by atoms with E-state index in [1.54, 1.807) is 0 Å². The van der Waals surface area contributed by atoms with Gasteiger partial charge in [-0.05, 0) is 53.2 Å². The van der Waals surface area contributed by atoms with Crippen LogP contribution in [-0.2, 0) is 0 Å². The highest BCUT2D eigenvalue weighted by atomic mass is 15.1. The first kappa shape index (κ1) is 17.8. The van der Waals surface area contributed by atoms with Crippen LogP contribution in [0.15, 0.2) is 109 Å². The zero-order valence-corrected chi connectivity index (χ0v) is 18.2. The van der Waals surface area contributed by atoms with Crippen molar-refractivity contribution in [2.45, 2.75) is 0 Å². The van der Waals surface area contributed by atoms with E-state index in [9.17, 15) is 0 Å². The minimum Gasteiger partial charge on any atom is -0.294 e. The Bertz CT molecular complexity index is 2000. The van der Waals surface area contributed by atoms with E-state index >= 15 is 0 Å². The van der Waals surface area contributed by atoms with Crippen molar-refractivity contribution >= 4 is 54.4 Å². The van der Waals surface area contributed by atoms with Crippen LogP contribution in [0.2, 0.25) is 0 Å². The number of hydrogen-bond donors (Lipinski definition) is 0. The van der Waals surface area contributed by atoms with Crippen LogP contribution < -0.4 is 0 Å². The van der Waals surface area contributed by atoms with Crippen molar-refractivity contribution in [1.82, 2.24) is 19.1 Å². The highest BCUT2D eigenvalue weighted by molar-refractivity contribution is 6.33. The Balaban J connectivity index is 1.72. The lowest BCUT2D eigenvalue weighted by molar-refractivity contribution is 1.08. The lowest BCUT2D eigenvalue weighted by atomic mass is 9.99. The second kappa shape index (κ2) is 6.42. The van der Waals surface area contributed by atoms with E-state index in [2.05, 4.69) is 88.0 Å². The quantitative estimate of drug-likeness (QED) is 0.268. The molecule has 0 radical (unpaired) electrons. The van der Waals surface area contributed by atoms with Crippen LogP contribution in [0.25, 0.3) is 66.0 Å². The Morgan fingerprint density at radius 3 is 1.97 bits per heavy atom. The molecule has 8 rings (SSSR count). The minimum atomic E-state index is 0.918. The van der Waals surface area contributed by atoms with E-state index in [1.165, 1.54) is 43.4 Å². The van der Waals surface area contributed by atoms with Gasteiger partial charge in [0.1, 0.15) is 11.6 Å². The summed E-state index contributed by atoms with van der Waals surface area (Å²) in [6, 6.07) is 34.2. The van der Waals surface area contributed by atoms with E-state index in [0.29, 0.717) is 0 Å². The molecule has 4 aromatic heterocycles. The molecule has 8 aromatic rings. The molecular weight excluding hydrogens is 416 g/mol. The van der Waals surface area contributed by atoms with Crippen molar-refractivity contribution in [2.75, 3.05) is 0 Å². The molecule has 0 aliphatic rings. The number of fused-ring (bicyclic) bond motifs is 4. The first-order chi connectivity index (χ1) is 16.9. The van der Waals surface area contributed by atoms with Crippen LogP contribution >= 0.6 is 0 Å². The molecule has 0 aliphatic carbocycles. The van der Waals surface area contributed by atoms with Crippen molar-refractivity contribution in [3.8, 4) is 11.6 Å². The van der Waals surface area contributed by atoms with Crippen LogP contribution in [0.4, 0.5) is 0 Å². The van der Waals surface area contributed by atoms with Crippen LogP contribution in [0.5, 0.6) is 0 Å². The topological polar surface area (TPSA) is 35.6 Å². The Kier molecular flexibility index (Phi) is 3.36. The van der Waals surface area contributed by atoms with Gasteiger partial charge in [0.25, 0.3) is 0 Å². The molecule has 0 amide bonds. The fraction of sp³-hybridized carbons (Fsp3) is 0. The second-order valence-electron chi connectivity index (χ2n) is 8.72. The zero-order chi connectivity index (χ0) is 22.2. The molecule has 0 atom stereocenters. The number of aromatic nitrogens is 4. The summed E-state index contributed by atoms with van der Waals surface area (Å²) in [7, 11) is 0. The molecular formula is C30H18N4. The van der Waals surface area contributed by atoms with E-state index in [4.69, 9.17) is 9.97 Å². The normalized spacial score (nSPS) is 12.1. The van der Waals surface area contributed by atoms with Gasteiger partial charge in [0.05, 0.1) is 22.1 Å². The summed E-state index contributed by atoms with van der Waals surface area (Å²) in [4.78, 5) is 9.49. The maximum Gasteiger partial charge on any atom is 0.137 e. The first-order valence-electron chi connectivity index (χ1n) is 11.4. The van der Waals surface area contributed by atoms with Crippen molar-refractivity contribution in [1.29, 1.82) is 0 Å². The molecule has 4 heteroatoms. The van der Waals surface area contributed by atoms with Gasteiger partial charge in [-0.25, -0.2) is 9.97 Å². The Morgan fingerprint density at radius 2 is 1.18 bits per heavy atom. The Hall–Kier alpha value is -4.70. The fourth-order valence-corrected chi connectivity index (χ4v) is 5.66. The summed E-state index contributed by atoms with van der Waals surface area (Å²) >= 11 is 0. The summed E-state index contributed by atoms with van der Waals surface area (Å²) in [6.45, 7) is 0. The van der Waals surface area contributed by atoms with E-state index < -0.39 is 0 Å². The molecule has 0 saturated heterocycles. The van der Waals surface area contributed by atoms with Gasteiger partial charge in [-0.2, -0.15) is 0 Å². The number of nitrogens with zero attached hydrogens (tertiary/aromatic N) is 4. The minimum absolute atomic E-state index is 0.918. The molecule has 0 saturated carbocycles. The van der Waals surface area contributed by atoms with Crippen LogP contribution in [0.3, 0.4) is 0 Å². The van der Waals surface area contributed by atoms with Gasteiger partial charge in [-0.1, -0.05) is 54.6 Å². The first-order valence-corrected chi connectivity index (χ1v) is 11.4. The Morgan fingerprint density at radius 1 is 0.471 bits per heavy atom. The second-order valence-corrected chi connectivity index (χ2v) is 8.72. The third-order valence-corrected chi connectivity index (χ3v) is 6.95. The third-order valence-electron chi connectivity index (χ3n) is 6.95. The monoisotopic (exact) mass is 434 g/mol. The largest absolute Gasteiger partial charge is 0.294 e. The molecule has 0 unspecified atom stereocenters. The van der Waals surface area contributed by atoms with E-state index in [-0.39, 0.29) is 0 Å². The fourth-order valence-electron chi connectivity index (χ4n) is 5.66. The van der Waals surface area contributed by atoms with Gasteiger partial charge >= 0.3 is 0 Å². The number of rotatable bonds is 2. The predicted molar refractivity (Wildman–Crippen MR) is 139 cm³/mol. The molecule has 4 nitrogen and oxygen atoms in total. The van der Waals surface area contributed by atoms with Gasteiger partial charge in [-0.3, -0.25) is 9.13 Å². The highest BCUT2D eigenvalue weighted by Crippen LogP contribution is 2.45. The maximum absolute atomic E-state index is 4.78. The van der Waals surface area contributed by atoms with Crippen molar-refractivity contribution < 1.29 is 0 Å². The average molecular weight is 435 g/mol. The lowest BCUT2D eigenvalue weighted by Gasteiger charge is -2.09. The molecule has 158 valence electrons. The van der Waals surface area contributed by atoms with Crippen molar-refractivity contribution in [3.63, 3.8) is 0 Å².